The number of alkyl halides is 2. The van der Waals surface area contributed by atoms with Crippen molar-refractivity contribution in [1.82, 2.24) is 9.88 Å². The van der Waals surface area contributed by atoms with Gasteiger partial charge in [0, 0.05) is 30.3 Å². The van der Waals surface area contributed by atoms with E-state index in [1.165, 1.54) is 18.6 Å². The van der Waals surface area contributed by atoms with Gasteiger partial charge in [0.2, 0.25) is 0 Å². The Morgan fingerprint density at radius 2 is 2.20 bits per heavy atom. The highest BCUT2D eigenvalue weighted by atomic mass is 79.9. The third-order valence-electron chi connectivity index (χ3n) is 1.53. The van der Waals surface area contributed by atoms with Gasteiger partial charge in [-0.3, -0.25) is 0 Å². The second kappa shape index (κ2) is 5.16. The molecule has 0 unspecified atom stereocenters. The van der Waals surface area contributed by atoms with Gasteiger partial charge >= 0.3 is 0 Å². The van der Waals surface area contributed by atoms with E-state index in [1.807, 2.05) is 0 Å². The first-order valence-electron chi connectivity index (χ1n) is 4.15. The summed E-state index contributed by atoms with van der Waals surface area (Å²) in [6.45, 7) is 0. The van der Waals surface area contributed by atoms with Crippen molar-refractivity contribution in [2.45, 2.75) is 6.43 Å². The maximum absolute atomic E-state index is 12.5. The van der Waals surface area contributed by atoms with Crippen LogP contribution in [0.4, 0.5) is 14.6 Å². The normalized spacial score (nSPS) is 11.3. The summed E-state index contributed by atoms with van der Waals surface area (Å²) in [6, 6.07) is 1.26. The minimum atomic E-state index is -2.53. The molecule has 0 spiro atoms. The van der Waals surface area contributed by atoms with Gasteiger partial charge in [0.15, 0.2) is 5.82 Å². The molecule has 3 nitrogen and oxygen atoms in total. The Morgan fingerprint density at radius 3 is 2.73 bits per heavy atom. The van der Waals surface area contributed by atoms with Crippen molar-refractivity contribution >= 4 is 28.1 Å². The molecule has 15 heavy (non-hydrogen) atoms. The molecule has 1 rings (SSSR count). The number of halogens is 3. The first-order chi connectivity index (χ1) is 7.00. The lowest BCUT2D eigenvalue weighted by Gasteiger charge is -2.04. The Morgan fingerprint density at radius 1 is 1.53 bits per heavy atom. The zero-order valence-corrected chi connectivity index (χ0v) is 9.87. The summed E-state index contributed by atoms with van der Waals surface area (Å²) in [4.78, 5) is 9.51. The molecule has 0 atom stereocenters. The van der Waals surface area contributed by atoms with E-state index in [1.54, 1.807) is 19.0 Å². The predicted octanol–water partition coefficient (Wildman–Crippen LogP) is 3.00. The number of aromatic nitrogens is 1. The van der Waals surface area contributed by atoms with E-state index in [0.29, 0.717) is 4.47 Å². The number of rotatable bonds is 3. The quantitative estimate of drug-likeness (QED) is 0.628. The van der Waals surface area contributed by atoms with Crippen LogP contribution in [-0.2, 0) is 0 Å². The Balaban J connectivity index is 2.97. The highest BCUT2D eigenvalue weighted by molar-refractivity contribution is 9.10. The summed E-state index contributed by atoms with van der Waals surface area (Å²) < 4.78 is 25.3. The maximum atomic E-state index is 12.5. The van der Waals surface area contributed by atoms with Crippen LogP contribution < -0.4 is 0 Å². The van der Waals surface area contributed by atoms with Crippen molar-refractivity contribution in [2.75, 3.05) is 14.1 Å². The highest BCUT2D eigenvalue weighted by Gasteiger charge is 2.12. The topological polar surface area (TPSA) is 28.5 Å². The molecule has 0 radical (unpaired) electrons. The van der Waals surface area contributed by atoms with Gasteiger partial charge in [-0.2, -0.15) is 0 Å². The first kappa shape index (κ1) is 12.0. The molecule has 1 aromatic rings. The number of aliphatic imine (C=N–C) groups is 1. The van der Waals surface area contributed by atoms with Crippen molar-refractivity contribution in [3.8, 4) is 0 Å². The number of hydrogen-bond acceptors (Lipinski definition) is 2. The van der Waals surface area contributed by atoms with Crippen molar-refractivity contribution in [3.05, 3.63) is 22.3 Å². The van der Waals surface area contributed by atoms with Gasteiger partial charge in [0.25, 0.3) is 6.43 Å². The average Bonchev–Trinajstić information content (AvgIpc) is 2.16. The van der Waals surface area contributed by atoms with Gasteiger partial charge in [0.1, 0.15) is 0 Å². The molecule has 0 bridgehead atoms. The zero-order chi connectivity index (χ0) is 11.4. The number of nitrogens with zero attached hydrogens (tertiary/aromatic N) is 3. The molecule has 6 heteroatoms. The van der Waals surface area contributed by atoms with Gasteiger partial charge in [0.05, 0.1) is 6.34 Å². The van der Waals surface area contributed by atoms with Gasteiger partial charge in [-0.25, -0.2) is 18.8 Å². The third-order valence-corrected chi connectivity index (χ3v) is 2.19. The van der Waals surface area contributed by atoms with Crippen LogP contribution in [0, 0.1) is 0 Å². The molecule has 0 aliphatic rings. The van der Waals surface area contributed by atoms with Crippen LogP contribution in [0.15, 0.2) is 21.7 Å². The van der Waals surface area contributed by atoms with Crippen LogP contribution in [-0.4, -0.2) is 30.3 Å². The molecule has 0 aromatic carbocycles. The monoisotopic (exact) mass is 277 g/mol. The molecule has 1 heterocycles. The summed E-state index contributed by atoms with van der Waals surface area (Å²) in [5, 5.41) is 0. The second-order valence-corrected chi connectivity index (χ2v) is 3.93. The summed E-state index contributed by atoms with van der Waals surface area (Å²) in [5.74, 6) is 0.266. The Hall–Kier alpha value is -1.04. The number of hydrogen-bond donors (Lipinski definition) is 0. The highest BCUT2D eigenvalue weighted by Crippen LogP contribution is 2.28. The fourth-order valence-corrected chi connectivity index (χ4v) is 1.24. The Kier molecular flexibility index (Phi) is 4.14. The van der Waals surface area contributed by atoms with Crippen molar-refractivity contribution in [2.24, 2.45) is 4.99 Å². The SMILES string of the molecule is CN(C)/C=N/c1cc(C(F)F)c(Br)cn1. The van der Waals surface area contributed by atoms with Crippen LogP contribution in [0.3, 0.4) is 0 Å². The molecule has 0 amide bonds. The van der Waals surface area contributed by atoms with E-state index in [-0.39, 0.29) is 11.4 Å². The van der Waals surface area contributed by atoms with Gasteiger partial charge < -0.3 is 4.90 Å². The standard InChI is InChI=1S/C9H10BrF2N3/c1-15(2)5-14-8-3-6(9(11)12)7(10)4-13-8/h3-5,9H,1-2H3/b14-5+. The molecular weight excluding hydrogens is 268 g/mol. The molecule has 0 N–H and O–H groups in total. The minimum absolute atomic E-state index is 0.101. The van der Waals surface area contributed by atoms with Gasteiger partial charge in [-0.1, -0.05) is 0 Å². The lowest BCUT2D eigenvalue weighted by molar-refractivity contribution is 0.150. The molecule has 0 saturated heterocycles. The lowest BCUT2D eigenvalue weighted by atomic mass is 10.3. The zero-order valence-electron chi connectivity index (χ0n) is 8.28. The summed E-state index contributed by atoms with van der Waals surface area (Å²) >= 11 is 3.01. The molecule has 0 saturated carbocycles. The third kappa shape index (κ3) is 3.54. The fraction of sp³-hybridized carbons (Fsp3) is 0.333. The van der Waals surface area contributed by atoms with Crippen LogP contribution >= 0.6 is 15.9 Å². The molecule has 0 fully saturated rings. The minimum Gasteiger partial charge on any atom is -0.369 e. The first-order valence-corrected chi connectivity index (χ1v) is 4.94. The molecule has 0 aliphatic heterocycles. The number of pyridine rings is 1. The predicted molar refractivity (Wildman–Crippen MR) is 58.7 cm³/mol. The second-order valence-electron chi connectivity index (χ2n) is 3.07. The summed E-state index contributed by atoms with van der Waals surface area (Å²) in [7, 11) is 3.58. The maximum Gasteiger partial charge on any atom is 0.265 e. The van der Waals surface area contributed by atoms with Crippen LogP contribution in [0.25, 0.3) is 0 Å². The molecule has 82 valence electrons. The molecular formula is C9H10BrF2N3. The lowest BCUT2D eigenvalue weighted by Crippen LogP contribution is -2.07. The van der Waals surface area contributed by atoms with E-state index in [2.05, 4.69) is 25.9 Å². The largest absolute Gasteiger partial charge is 0.369 e. The van der Waals surface area contributed by atoms with Crippen molar-refractivity contribution in [3.63, 3.8) is 0 Å². The Bertz CT molecular complexity index is 366. The Labute approximate surface area is 95.0 Å². The van der Waals surface area contributed by atoms with Crippen LogP contribution in [0.2, 0.25) is 0 Å². The molecule has 0 aliphatic carbocycles. The van der Waals surface area contributed by atoms with E-state index >= 15 is 0 Å². The average molecular weight is 278 g/mol. The van der Waals surface area contributed by atoms with Crippen molar-refractivity contribution in [1.29, 1.82) is 0 Å². The van der Waals surface area contributed by atoms with Gasteiger partial charge in [-0.05, 0) is 22.0 Å². The fourth-order valence-electron chi connectivity index (χ4n) is 0.855. The summed E-state index contributed by atoms with van der Waals surface area (Å²) in [6.07, 6.45) is 0.297. The van der Waals surface area contributed by atoms with Crippen LogP contribution in [0.1, 0.15) is 12.0 Å². The van der Waals surface area contributed by atoms with E-state index in [4.69, 9.17) is 0 Å². The molecule has 1 aromatic heterocycles. The van der Waals surface area contributed by atoms with Crippen molar-refractivity contribution < 1.29 is 8.78 Å². The van der Waals surface area contributed by atoms with Gasteiger partial charge in [-0.15, -0.1) is 0 Å². The van der Waals surface area contributed by atoms with Crippen LogP contribution in [0.5, 0.6) is 0 Å². The van der Waals surface area contributed by atoms with E-state index in [9.17, 15) is 8.78 Å². The van der Waals surface area contributed by atoms with E-state index < -0.39 is 6.43 Å². The van der Waals surface area contributed by atoms with E-state index in [0.717, 1.165) is 0 Å². The smallest absolute Gasteiger partial charge is 0.265 e. The summed E-state index contributed by atoms with van der Waals surface area (Å²) in [5.41, 5.74) is -0.101.